The highest BCUT2D eigenvalue weighted by Gasteiger charge is 2.18. The minimum absolute atomic E-state index is 0.354. The highest BCUT2D eigenvalue weighted by Crippen LogP contribution is 2.27. The van der Waals surface area contributed by atoms with Crippen LogP contribution in [0.2, 0.25) is 0 Å². The lowest BCUT2D eigenvalue weighted by Crippen LogP contribution is -2.06. The summed E-state index contributed by atoms with van der Waals surface area (Å²) in [6, 6.07) is 6.30. The standard InChI is InChI=1S/C12H10FNO2S/c1-7(12(15)16)11-14-10(6-17-11)8-4-2-3-5-9(8)13/h2-7H,1H3,(H,15,16). The van der Waals surface area contributed by atoms with Crippen LogP contribution in [-0.2, 0) is 4.79 Å². The first-order valence-electron chi connectivity index (χ1n) is 5.02. The lowest BCUT2D eigenvalue weighted by atomic mass is 10.1. The molecular formula is C12H10FNO2S. The van der Waals surface area contributed by atoms with Crippen molar-refractivity contribution < 1.29 is 14.3 Å². The summed E-state index contributed by atoms with van der Waals surface area (Å²) in [7, 11) is 0. The van der Waals surface area contributed by atoms with Gasteiger partial charge >= 0.3 is 5.97 Å². The molecule has 0 spiro atoms. The highest BCUT2D eigenvalue weighted by atomic mass is 32.1. The normalized spacial score (nSPS) is 12.4. The monoisotopic (exact) mass is 251 g/mol. The third-order valence-electron chi connectivity index (χ3n) is 2.41. The van der Waals surface area contributed by atoms with Gasteiger partial charge in [-0.25, -0.2) is 9.37 Å². The fourth-order valence-corrected chi connectivity index (χ4v) is 2.25. The molecule has 0 bridgehead atoms. The summed E-state index contributed by atoms with van der Waals surface area (Å²) < 4.78 is 13.5. The predicted octanol–water partition coefficient (Wildman–Crippen LogP) is 3.14. The summed E-state index contributed by atoms with van der Waals surface area (Å²) in [6.45, 7) is 1.56. The summed E-state index contributed by atoms with van der Waals surface area (Å²) in [5, 5.41) is 11.0. The van der Waals surface area contributed by atoms with E-state index in [1.54, 1.807) is 30.5 Å². The van der Waals surface area contributed by atoms with Crippen LogP contribution in [0, 0.1) is 5.82 Å². The molecule has 0 saturated heterocycles. The molecule has 1 atom stereocenters. The van der Waals surface area contributed by atoms with Crippen molar-refractivity contribution in [3.05, 3.63) is 40.5 Å². The van der Waals surface area contributed by atoms with Crippen molar-refractivity contribution in [1.29, 1.82) is 0 Å². The van der Waals surface area contributed by atoms with Crippen LogP contribution >= 0.6 is 11.3 Å². The van der Waals surface area contributed by atoms with Gasteiger partial charge in [0.1, 0.15) is 16.7 Å². The van der Waals surface area contributed by atoms with Crippen molar-refractivity contribution in [1.82, 2.24) is 4.98 Å². The highest BCUT2D eigenvalue weighted by molar-refractivity contribution is 7.10. The van der Waals surface area contributed by atoms with Gasteiger partial charge in [0.05, 0.1) is 5.69 Å². The van der Waals surface area contributed by atoms with Gasteiger partial charge in [0.25, 0.3) is 0 Å². The number of thiazole rings is 1. The zero-order valence-corrected chi connectivity index (χ0v) is 9.87. The summed E-state index contributed by atoms with van der Waals surface area (Å²) in [6.07, 6.45) is 0. The molecule has 3 nitrogen and oxygen atoms in total. The average Bonchev–Trinajstić information content (AvgIpc) is 2.77. The number of hydrogen-bond donors (Lipinski definition) is 1. The SMILES string of the molecule is CC(C(=O)O)c1nc(-c2ccccc2F)cs1. The first-order valence-corrected chi connectivity index (χ1v) is 5.90. The summed E-state index contributed by atoms with van der Waals surface area (Å²) in [4.78, 5) is 15.0. The molecule has 0 amide bonds. The smallest absolute Gasteiger partial charge is 0.313 e. The fraction of sp³-hybridized carbons (Fsp3) is 0.167. The number of aliphatic carboxylic acids is 1. The van der Waals surface area contributed by atoms with E-state index < -0.39 is 11.9 Å². The van der Waals surface area contributed by atoms with Crippen molar-refractivity contribution in [2.75, 3.05) is 0 Å². The molecule has 1 heterocycles. The van der Waals surface area contributed by atoms with Crippen LogP contribution in [0.15, 0.2) is 29.6 Å². The fourth-order valence-electron chi connectivity index (χ4n) is 1.38. The maximum absolute atomic E-state index is 13.5. The van der Waals surface area contributed by atoms with Crippen LogP contribution in [0.4, 0.5) is 4.39 Å². The van der Waals surface area contributed by atoms with Crippen LogP contribution < -0.4 is 0 Å². The molecule has 88 valence electrons. The number of carboxylic acids is 1. The third kappa shape index (κ3) is 2.34. The minimum atomic E-state index is -0.931. The van der Waals surface area contributed by atoms with Gasteiger partial charge in [0.15, 0.2) is 0 Å². The van der Waals surface area contributed by atoms with Gasteiger partial charge in [0, 0.05) is 10.9 Å². The Hall–Kier alpha value is -1.75. The number of halogens is 1. The van der Waals surface area contributed by atoms with E-state index in [2.05, 4.69) is 4.98 Å². The molecule has 0 aliphatic heterocycles. The van der Waals surface area contributed by atoms with E-state index in [4.69, 9.17) is 5.11 Å². The Labute approximate surface area is 102 Å². The zero-order valence-electron chi connectivity index (χ0n) is 9.05. The summed E-state index contributed by atoms with van der Waals surface area (Å²) >= 11 is 1.23. The topological polar surface area (TPSA) is 50.2 Å². The van der Waals surface area contributed by atoms with Crippen molar-refractivity contribution in [3.8, 4) is 11.3 Å². The van der Waals surface area contributed by atoms with Crippen LogP contribution in [-0.4, -0.2) is 16.1 Å². The number of hydrogen-bond acceptors (Lipinski definition) is 3. The second kappa shape index (κ2) is 4.63. The molecule has 1 aromatic heterocycles. The van der Waals surface area contributed by atoms with Gasteiger partial charge in [-0.1, -0.05) is 12.1 Å². The molecule has 5 heteroatoms. The molecule has 0 fully saturated rings. The predicted molar refractivity (Wildman–Crippen MR) is 63.6 cm³/mol. The second-order valence-electron chi connectivity index (χ2n) is 3.61. The number of carbonyl (C=O) groups is 1. The largest absolute Gasteiger partial charge is 0.481 e. The van der Waals surface area contributed by atoms with E-state index in [9.17, 15) is 9.18 Å². The molecule has 1 N–H and O–H groups in total. The van der Waals surface area contributed by atoms with Gasteiger partial charge < -0.3 is 5.11 Å². The van der Waals surface area contributed by atoms with Crippen LogP contribution in [0.1, 0.15) is 17.8 Å². The zero-order chi connectivity index (χ0) is 12.4. The van der Waals surface area contributed by atoms with Crippen molar-refractivity contribution in [2.24, 2.45) is 0 Å². The van der Waals surface area contributed by atoms with Gasteiger partial charge in [-0.3, -0.25) is 4.79 Å². The Balaban J connectivity index is 2.37. The maximum atomic E-state index is 13.5. The van der Waals surface area contributed by atoms with Crippen LogP contribution in [0.5, 0.6) is 0 Å². The number of carboxylic acid groups (broad SMARTS) is 1. The van der Waals surface area contributed by atoms with Crippen molar-refractivity contribution >= 4 is 17.3 Å². The van der Waals surface area contributed by atoms with Crippen LogP contribution in [0.3, 0.4) is 0 Å². The maximum Gasteiger partial charge on any atom is 0.313 e. The molecule has 0 radical (unpaired) electrons. The Kier molecular flexibility index (Phi) is 3.19. The Morgan fingerprint density at radius 2 is 2.18 bits per heavy atom. The molecule has 1 unspecified atom stereocenters. The second-order valence-corrected chi connectivity index (χ2v) is 4.50. The van der Waals surface area contributed by atoms with Gasteiger partial charge in [-0.2, -0.15) is 0 Å². The molecular weight excluding hydrogens is 241 g/mol. The number of rotatable bonds is 3. The third-order valence-corrected chi connectivity index (χ3v) is 3.44. The average molecular weight is 251 g/mol. The number of benzene rings is 1. The van der Waals surface area contributed by atoms with E-state index in [-0.39, 0.29) is 5.82 Å². The van der Waals surface area contributed by atoms with Crippen molar-refractivity contribution in [2.45, 2.75) is 12.8 Å². The number of aromatic nitrogens is 1. The lowest BCUT2D eigenvalue weighted by Gasteiger charge is -2.00. The minimum Gasteiger partial charge on any atom is -0.481 e. The Bertz CT molecular complexity index is 553. The summed E-state index contributed by atoms with van der Waals surface area (Å²) in [5.41, 5.74) is 0.879. The quantitative estimate of drug-likeness (QED) is 0.911. The van der Waals surface area contributed by atoms with E-state index in [0.29, 0.717) is 16.3 Å². The molecule has 2 aromatic rings. The molecule has 2 rings (SSSR count). The summed E-state index contributed by atoms with van der Waals surface area (Å²) in [5.74, 6) is -1.95. The Morgan fingerprint density at radius 1 is 1.47 bits per heavy atom. The van der Waals surface area contributed by atoms with E-state index >= 15 is 0 Å². The lowest BCUT2D eigenvalue weighted by molar-refractivity contribution is -0.138. The molecule has 17 heavy (non-hydrogen) atoms. The van der Waals surface area contributed by atoms with Gasteiger partial charge in [-0.05, 0) is 19.1 Å². The molecule has 0 aliphatic carbocycles. The van der Waals surface area contributed by atoms with Gasteiger partial charge in [0.2, 0.25) is 0 Å². The van der Waals surface area contributed by atoms with Gasteiger partial charge in [-0.15, -0.1) is 11.3 Å². The van der Waals surface area contributed by atoms with Crippen molar-refractivity contribution in [3.63, 3.8) is 0 Å². The first kappa shape index (κ1) is 11.7. The van der Waals surface area contributed by atoms with E-state index in [1.165, 1.54) is 17.4 Å². The van der Waals surface area contributed by atoms with E-state index in [1.807, 2.05) is 0 Å². The molecule has 0 saturated carbocycles. The number of nitrogens with zero attached hydrogens (tertiary/aromatic N) is 1. The first-order chi connectivity index (χ1) is 8.09. The Morgan fingerprint density at radius 3 is 2.82 bits per heavy atom. The molecule has 1 aromatic carbocycles. The van der Waals surface area contributed by atoms with E-state index in [0.717, 1.165) is 0 Å². The molecule has 0 aliphatic rings. The van der Waals surface area contributed by atoms with Crippen LogP contribution in [0.25, 0.3) is 11.3 Å².